The van der Waals surface area contributed by atoms with Gasteiger partial charge in [0.1, 0.15) is 5.41 Å². The highest BCUT2D eigenvalue weighted by Crippen LogP contribution is 2.19. The summed E-state index contributed by atoms with van der Waals surface area (Å²) in [6, 6.07) is 1.94. The molecule has 0 rings (SSSR count). The average Bonchev–Trinajstić information content (AvgIpc) is 2.12. The van der Waals surface area contributed by atoms with E-state index >= 15 is 0 Å². The standard InChI is InChI=1S/C8H14N2O2/c1-4-8(3,6-9)7(11)10-12-5-2/h4-5H2,1-3H3,(H,10,11). The lowest BCUT2D eigenvalue weighted by molar-refractivity contribution is -0.140. The van der Waals surface area contributed by atoms with Gasteiger partial charge in [-0.3, -0.25) is 9.63 Å². The second-order valence-corrected chi connectivity index (χ2v) is 2.66. The monoisotopic (exact) mass is 170 g/mol. The first-order valence-corrected chi connectivity index (χ1v) is 3.94. The Morgan fingerprint density at radius 2 is 2.25 bits per heavy atom. The maximum Gasteiger partial charge on any atom is 0.263 e. The minimum absolute atomic E-state index is 0.380. The Balaban J connectivity index is 4.15. The number of nitriles is 1. The van der Waals surface area contributed by atoms with Crippen molar-refractivity contribution in [1.29, 1.82) is 5.26 Å². The minimum atomic E-state index is -0.977. The molecule has 0 aromatic rings. The van der Waals surface area contributed by atoms with Gasteiger partial charge in [0.15, 0.2) is 0 Å². The Hall–Kier alpha value is -1.08. The summed E-state index contributed by atoms with van der Waals surface area (Å²) >= 11 is 0. The Morgan fingerprint density at radius 3 is 2.58 bits per heavy atom. The number of amides is 1. The molecule has 4 nitrogen and oxygen atoms in total. The fraction of sp³-hybridized carbons (Fsp3) is 0.750. The number of hydrogen-bond donors (Lipinski definition) is 1. The highest BCUT2D eigenvalue weighted by molar-refractivity contribution is 5.83. The van der Waals surface area contributed by atoms with Crippen LogP contribution in [-0.4, -0.2) is 12.5 Å². The molecule has 0 saturated carbocycles. The number of carbonyl (C=O) groups excluding carboxylic acids is 1. The van der Waals surface area contributed by atoms with Crippen LogP contribution in [0.3, 0.4) is 0 Å². The Kier molecular flexibility index (Phi) is 4.30. The van der Waals surface area contributed by atoms with E-state index in [0.717, 1.165) is 0 Å². The van der Waals surface area contributed by atoms with Gasteiger partial charge >= 0.3 is 0 Å². The zero-order valence-electron chi connectivity index (χ0n) is 7.68. The zero-order chi connectivity index (χ0) is 9.61. The molecule has 0 aromatic heterocycles. The topological polar surface area (TPSA) is 62.1 Å². The highest BCUT2D eigenvalue weighted by Gasteiger charge is 2.31. The summed E-state index contributed by atoms with van der Waals surface area (Å²) in [4.78, 5) is 15.9. The molecule has 1 atom stereocenters. The molecule has 0 bridgehead atoms. The largest absolute Gasteiger partial charge is 0.274 e. The molecule has 12 heavy (non-hydrogen) atoms. The molecule has 0 saturated heterocycles. The molecule has 1 amide bonds. The van der Waals surface area contributed by atoms with E-state index < -0.39 is 5.41 Å². The van der Waals surface area contributed by atoms with Gasteiger partial charge in [0.05, 0.1) is 12.7 Å². The van der Waals surface area contributed by atoms with Gasteiger partial charge in [-0.25, -0.2) is 5.48 Å². The van der Waals surface area contributed by atoms with Crippen molar-refractivity contribution < 1.29 is 9.63 Å². The van der Waals surface area contributed by atoms with Crippen molar-refractivity contribution in [1.82, 2.24) is 5.48 Å². The SMILES string of the molecule is CCONC(=O)C(C)(C#N)CC. The summed E-state index contributed by atoms with van der Waals surface area (Å²) in [7, 11) is 0. The maximum atomic E-state index is 11.2. The Morgan fingerprint density at radius 1 is 1.67 bits per heavy atom. The molecule has 0 fully saturated rings. The molecule has 0 aliphatic heterocycles. The van der Waals surface area contributed by atoms with E-state index in [2.05, 4.69) is 5.48 Å². The molecule has 68 valence electrons. The number of nitrogens with one attached hydrogen (secondary N) is 1. The van der Waals surface area contributed by atoms with Gasteiger partial charge in [0.25, 0.3) is 5.91 Å². The van der Waals surface area contributed by atoms with Crippen molar-refractivity contribution in [3.63, 3.8) is 0 Å². The van der Waals surface area contributed by atoms with Crippen LogP contribution in [0.4, 0.5) is 0 Å². The van der Waals surface area contributed by atoms with Crippen LogP contribution in [0.1, 0.15) is 27.2 Å². The van der Waals surface area contributed by atoms with E-state index in [0.29, 0.717) is 13.0 Å². The lowest BCUT2D eigenvalue weighted by atomic mass is 9.89. The van der Waals surface area contributed by atoms with Crippen molar-refractivity contribution in [2.24, 2.45) is 5.41 Å². The summed E-state index contributed by atoms with van der Waals surface area (Å²) in [5, 5.41) is 8.69. The first kappa shape index (κ1) is 10.9. The van der Waals surface area contributed by atoms with E-state index in [-0.39, 0.29) is 5.91 Å². The summed E-state index contributed by atoms with van der Waals surface area (Å²) in [6.45, 7) is 5.53. The third-order valence-corrected chi connectivity index (χ3v) is 1.76. The van der Waals surface area contributed by atoms with Gasteiger partial charge in [0.2, 0.25) is 0 Å². The third-order valence-electron chi connectivity index (χ3n) is 1.76. The quantitative estimate of drug-likeness (QED) is 0.640. The molecular formula is C8H14N2O2. The number of hydrogen-bond acceptors (Lipinski definition) is 3. The highest BCUT2D eigenvalue weighted by atomic mass is 16.6. The van der Waals surface area contributed by atoms with Crippen LogP contribution < -0.4 is 5.48 Å². The van der Waals surface area contributed by atoms with E-state index in [1.54, 1.807) is 20.8 Å². The summed E-state index contributed by atoms with van der Waals surface area (Å²) < 4.78 is 0. The summed E-state index contributed by atoms with van der Waals surface area (Å²) in [5.74, 6) is -0.380. The molecule has 1 unspecified atom stereocenters. The van der Waals surface area contributed by atoms with Crippen LogP contribution in [0.15, 0.2) is 0 Å². The third kappa shape index (κ3) is 2.51. The van der Waals surface area contributed by atoms with Crippen molar-refractivity contribution in [3.8, 4) is 6.07 Å². The van der Waals surface area contributed by atoms with Crippen molar-refractivity contribution >= 4 is 5.91 Å². The average molecular weight is 170 g/mol. The predicted molar refractivity (Wildman–Crippen MR) is 43.8 cm³/mol. The number of carbonyl (C=O) groups is 1. The fourth-order valence-corrected chi connectivity index (χ4v) is 0.541. The van der Waals surface area contributed by atoms with Crippen LogP contribution in [0.2, 0.25) is 0 Å². The fourth-order valence-electron chi connectivity index (χ4n) is 0.541. The van der Waals surface area contributed by atoms with Gasteiger partial charge in [0, 0.05) is 0 Å². The zero-order valence-corrected chi connectivity index (χ0v) is 7.68. The molecule has 4 heteroatoms. The van der Waals surface area contributed by atoms with Gasteiger partial charge in [-0.05, 0) is 20.3 Å². The van der Waals surface area contributed by atoms with Gasteiger partial charge in [-0.1, -0.05) is 6.92 Å². The summed E-state index contributed by atoms with van der Waals surface area (Å²) in [6.07, 6.45) is 0.475. The predicted octanol–water partition coefficient (Wildman–Crippen LogP) is 0.994. The van der Waals surface area contributed by atoms with Gasteiger partial charge in [-0.2, -0.15) is 5.26 Å². The van der Waals surface area contributed by atoms with Crippen LogP contribution in [0, 0.1) is 16.7 Å². The molecule has 1 N–H and O–H groups in total. The van der Waals surface area contributed by atoms with E-state index in [1.165, 1.54) is 0 Å². The molecule has 0 spiro atoms. The summed E-state index contributed by atoms with van der Waals surface area (Å²) in [5.41, 5.74) is 1.24. The van der Waals surface area contributed by atoms with Crippen molar-refractivity contribution in [3.05, 3.63) is 0 Å². The van der Waals surface area contributed by atoms with Crippen LogP contribution >= 0.6 is 0 Å². The lowest BCUT2D eigenvalue weighted by Crippen LogP contribution is -2.37. The van der Waals surface area contributed by atoms with E-state index in [1.807, 2.05) is 6.07 Å². The number of nitrogens with zero attached hydrogens (tertiary/aromatic N) is 1. The molecule has 0 aromatic carbocycles. The van der Waals surface area contributed by atoms with Crippen LogP contribution in [-0.2, 0) is 9.63 Å². The second kappa shape index (κ2) is 4.73. The first-order chi connectivity index (χ1) is 5.60. The van der Waals surface area contributed by atoms with Crippen molar-refractivity contribution in [2.75, 3.05) is 6.61 Å². The molecule has 0 radical (unpaired) electrons. The lowest BCUT2D eigenvalue weighted by Gasteiger charge is -2.17. The molecular weight excluding hydrogens is 156 g/mol. The van der Waals surface area contributed by atoms with Crippen molar-refractivity contribution in [2.45, 2.75) is 27.2 Å². The van der Waals surface area contributed by atoms with Gasteiger partial charge in [-0.15, -0.1) is 0 Å². The molecule has 0 aliphatic rings. The number of hydroxylamine groups is 1. The molecule has 0 heterocycles. The Bertz CT molecular complexity index is 198. The minimum Gasteiger partial charge on any atom is -0.274 e. The van der Waals surface area contributed by atoms with Crippen LogP contribution in [0.5, 0.6) is 0 Å². The second-order valence-electron chi connectivity index (χ2n) is 2.66. The molecule has 0 aliphatic carbocycles. The van der Waals surface area contributed by atoms with E-state index in [4.69, 9.17) is 10.1 Å². The Labute approximate surface area is 72.5 Å². The smallest absolute Gasteiger partial charge is 0.263 e. The normalized spacial score (nSPS) is 14.5. The van der Waals surface area contributed by atoms with Gasteiger partial charge < -0.3 is 0 Å². The van der Waals surface area contributed by atoms with Crippen LogP contribution in [0.25, 0.3) is 0 Å². The van der Waals surface area contributed by atoms with E-state index in [9.17, 15) is 4.79 Å². The maximum absolute atomic E-state index is 11.2. The first-order valence-electron chi connectivity index (χ1n) is 3.94. The number of rotatable bonds is 4.